The summed E-state index contributed by atoms with van der Waals surface area (Å²) in [6, 6.07) is 6.09. The number of hydrogen-bond donors (Lipinski definition) is 1. The van der Waals surface area contributed by atoms with E-state index < -0.39 is 5.82 Å². The largest absolute Gasteiger partial charge is 0.487 e. The number of nitrogens with zero attached hydrogens (tertiary/aromatic N) is 1. The van der Waals surface area contributed by atoms with Gasteiger partial charge in [0.15, 0.2) is 0 Å². The number of oxime groups is 1. The van der Waals surface area contributed by atoms with E-state index in [0.29, 0.717) is 23.6 Å². The molecule has 0 aliphatic carbocycles. The van der Waals surface area contributed by atoms with Crippen LogP contribution in [0.5, 0.6) is 5.75 Å². The van der Waals surface area contributed by atoms with Crippen molar-refractivity contribution in [2.45, 2.75) is 13.5 Å². The van der Waals surface area contributed by atoms with Crippen LogP contribution in [0, 0.1) is 5.82 Å². The SMILES string of the molecule is CC(=NO)c1cc(F)ccc1OCc1cc(Br)cs1. The molecule has 0 unspecified atom stereocenters. The molecule has 0 fully saturated rings. The average molecular weight is 344 g/mol. The van der Waals surface area contributed by atoms with Crippen LogP contribution in [0.2, 0.25) is 0 Å². The quantitative estimate of drug-likeness (QED) is 0.507. The summed E-state index contributed by atoms with van der Waals surface area (Å²) < 4.78 is 19.9. The third-order valence-corrected chi connectivity index (χ3v) is 4.14. The molecule has 0 spiro atoms. The van der Waals surface area contributed by atoms with Crippen molar-refractivity contribution >= 4 is 33.0 Å². The van der Waals surface area contributed by atoms with Gasteiger partial charge in [-0.25, -0.2) is 4.39 Å². The molecule has 0 saturated heterocycles. The van der Waals surface area contributed by atoms with Crippen molar-refractivity contribution < 1.29 is 14.3 Å². The maximum atomic E-state index is 13.2. The molecule has 0 radical (unpaired) electrons. The van der Waals surface area contributed by atoms with Gasteiger partial charge in [0.25, 0.3) is 0 Å². The Balaban J connectivity index is 2.20. The molecule has 0 aliphatic rings. The highest BCUT2D eigenvalue weighted by atomic mass is 79.9. The lowest BCUT2D eigenvalue weighted by Gasteiger charge is -2.10. The summed E-state index contributed by atoms with van der Waals surface area (Å²) in [4.78, 5) is 1.04. The van der Waals surface area contributed by atoms with E-state index in [1.54, 1.807) is 18.3 Å². The number of thiophene rings is 1. The van der Waals surface area contributed by atoms with Crippen LogP contribution in [0.1, 0.15) is 17.4 Å². The van der Waals surface area contributed by atoms with Crippen LogP contribution >= 0.6 is 27.3 Å². The molecular formula is C13H11BrFNO2S. The predicted octanol–water partition coefficient (Wildman–Crippen LogP) is 4.43. The molecule has 1 heterocycles. The maximum absolute atomic E-state index is 13.2. The van der Waals surface area contributed by atoms with E-state index in [4.69, 9.17) is 9.94 Å². The third kappa shape index (κ3) is 3.54. The van der Waals surface area contributed by atoms with Crippen LogP contribution < -0.4 is 4.74 Å². The van der Waals surface area contributed by atoms with Crippen molar-refractivity contribution in [1.82, 2.24) is 0 Å². The van der Waals surface area contributed by atoms with E-state index in [1.807, 2.05) is 11.4 Å². The van der Waals surface area contributed by atoms with Gasteiger partial charge in [0, 0.05) is 20.3 Å². The lowest BCUT2D eigenvalue weighted by atomic mass is 10.1. The smallest absolute Gasteiger partial charge is 0.129 e. The molecule has 1 aromatic heterocycles. The Morgan fingerprint density at radius 2 is 2.26 bits per heavy atom. The number of halogens is 2. The molecule has 100 valence electrons. The number of rotatable bonds is 4. The summed E-state index contributed by atoms with van der Waals surface area (Å²) in [7, 11) is 0. The first-order valence-corrected chi connectivity index (χ1v) is 7.11. The lowest BCUT2D eigenvalue weighted by molar-refractivity contribution is 0.306. The van der Waals surface area contributed by atoms with Crippen molar-refractivity contribution in [1.29, 1.82) is 0 Å². The maximum Gasteiger partial charge on any atom is 0.129 e. The summed E-state index contributed by atoms with van der Waals surface area (Å²) in [5.41, 5.74) is 0.750. The van der Waals surface area contributed by atoms with Gasteiger partial charge in [-0.1, -0.05) is 5.16 Å². The zero-order valence-corrected chi connectivity index (χ0v) is 12.5. The third-order valence-electron chi connectivity index (χ3n) is 2.47. The average Bonchev–Trinajstić information content (AvgIpc) is 2.82. The molecule has 3 nitrogen and oxygen atoms in total. The van der Waals surface area contributed by atoms with Gasteiger partial charge in [-0.15, -0.1) is 11.3 Å². The minimum absolute atomic E-state index is 0.307. The Hall–Kier alpha value is -1.40. The zero-order chi connectivity index (χ0) is 13.8. The molecule has 1 aromatic carbocycles. The first-order chi connectivity index (χ1) is 9.10. The Morgan fingerprint density at radius 3 is 2.89 bits per heavy atom. The lowest BCUT2D eigenvalue weighted by Crippen LogP contribution is -2.02. The summed E-state index contributed by atoms with van der Waals surface area (Å²) in [5.74, 6) is 0.0884. The molecular weight excluding hydrogens is 333 g/mol. The van der Waals surface area contributed by atoms with Gasteiger partial charge >= 0.3 is 0 Å². The second-order valence-corrected chi connectivity index (χ2v) is 5.76. The summed E-state index contributed by atoms with van der Waals surface area (Å²) in [6.07, 6.45) is 0. The number of ether oxygens (including phenoxy) is 1. The fraction of sp³-hybridized carbons (Fsp3) is 0.154. The Labute approximate surface area is 122 Å². The number of benzene rings is 1. The first-order valence-electron chi connectivity index (χ1n) is 5.44. The zero-order valence-electron chi connectivity index (χ0n) is 10.1. The van der Waals surface area contributed by atoms with Gasteiger partial charge in [0.2, 0.25) is 0 Å². The monoisotopic (exact) mass is 343 g/mol. The fourth-order valence-electron chi connectivity index (χ4n) is 1.54. The highest BCUT2D eigenvalue weighted by molar-refractivity contribution is 9.10. The van der Waals surface area contributed by atoms with Gasteiger partial charge < -0.3 is 9.94 Å². The topological polar surface area (TPSA) is 41.8 Å². The van der Waals surface area contributed by atoms with Crippen LogP contribution in [-0.4, -0.2) is 10.9 Å². The first kappa shape index (κ1) is 14.0. The molecule has 2 aromatic rings. The molecule has 2 rings (SSSR count). The van der Waals surface area contributed by atoms with E-state index in [0.717, 1.165) is 9.35 Å². The van der Waals surface area contributed by atoms with Gasteiger partial charge in [0.05, 0.1) is 5.71 Å². The molecule has 19 heavy (non-hydrogen) atoms. The van der Waals surface area contributed by atoms with Crippen LogP contribution in [0.4, 0.5) is 4.39 Å². The van der Waals surface area contributed by atoms with E-state index >= 15 is 0 Å². The van der Waals surface area contributed by atoms with Gasteiger partial charge in [-0.3, -0.25) is 0 Å². The summed E-state index contributed by atoms with van der Waals surface area (Å²) in [5, 5.41) is 13.8. The Morgan fingerprint density at radius 1 is 1.47 bits per heavy atom. The van der Waals surface area contributed by atoms with Crippen molar-refractivity contribution in [3.8, 4) is 5.75 Å². The van der Waals surface area contributed by atoms with E-state index in [-0.39, 0.29) is 0 Å². The molecule has 0 amide bonds. The van der Waals surface area contributed by atoms with Gasteiger partial charge in [0.1, 0.15) is 18.2 Å². The highest BCUT2D eigenvalue weighted by Gasteiger charge is 2.10. The van der Waals surface area contributed by atoms with Crippen molar-refractivity contribution in [2.24, 2.45) is 5.16 Å². The van der Waals surface area contributed by atoms with E-state index in [1.165, 1.54) is 18.2 Å². The van der Waals surface area contributed by atoms with E-state index in [9.17, 15) is 4.39 Å². The molecule has 0 saturated carbocycles. The Kier molecular flexibility index (Phi) is 4.55. The van der Waals surface area contributed by atoms with Crippen LogP contribution in [0.15, 0.2) is 39.3 Å². The summed E-state index contributed by atoms with van der Waals surface area (Å²) >= 11 is 4.94. The van der Waals surface area contributed by atoms with E-state index in [2.05, 4.69) is 21.1 Å². The van der Waals surface area contributed by atoms with Crippen LogP contribution in [0.25, 0.3) is 0 Å². The van der Waals surface area contributed by atoms with Gasteiger partial charge in [-0.05, 0) is 47.1 Å². The molecule has 0 atom stereocenters. The normalized spacial score (nSPS) is 11.6. The van der Waals surface area contributed by atoms with Crippen LogP contribution in [0.3, 0.4) is 0 Å². The molecule has 6 heteroatoms. The van der Waals surface area contributed by atoms with Crippen LogP contribution in [-0.2, 0) is 6.61 Å². The Bertz CT molecular complexity index is 612. The highest BCUT2D eigenvalue weighted by Crippen LogP contribution is 2.25. The van der Waals surface area contributed by atoms with Crippen molar-refractivity contribution in [3.05, 3.63) is 50.4 Å². The minimum Gasteiger partial charge on any atom is -0.487 e. The predicted molar refractivity (Wildman–Crippen MR) is 76.7 cm³/mol. The standard InChI is InChI=1S/C13H11BrFNO2S/c1-8(16-17)12-5-10(15)2-3-13(12)18-6-11-4-9(14)7-19-11/h2-5,7,17H,6H2,1H3. The molecule has 0 bridgehead atoms. The minimum atomic E-state index is -0.399. The molecule has 0 aliphatic heterocycles. The second kappa shape index (κ2) is 6.16. The molecule has 1 N–H and O–H groups in total. The second-order valence-electron chi connectivity index (χ2n) is 3.85. The fourth-order valence-corrected chi connectivity index (χ4v) is 2.91. The van der Waals surface area contributed by atoms with Crippen molar-refractivity contribution in [3.63, 3.8) is 0 Å². The van der Waals surface area contributed by atoms with Crippen molar-refractivity contribution in [2.75, 3.05) is 0 Å². The number of hydrogen-bond acceptors (Lipinski definition) is 4. The summed E-state index contributed by atoms with van der Waals surface area (Å²) in [6.45, 7) is 1.97. The van der Waals surface area contributed by atoms with Gasteiger partial charge in [-0.2, -0.15) is 0 Å².